The summed E-state index contributed by atoms with van der Waals surface area (Å²) in [7, 11) is 0. The molecule has 0 radical (unpaired) electrons. The minimum absolute atomic E-state index is 0.0222. The van der Waals surface area contributed by atoms with Crippen LogP contribution in [0.1, 0.15) is 38.5 Å². The summed E-state index contributed by atoms with van der Waals surface area (Å²) in [6.45, 7) is 3.94. The zero-order chi connectivity index (χ0) is 20.4. The van der Waals surface area contributed by atoms with Gasteiger partial charge in [-0.1, -0.05) is 24.4 Å². The van der Waals surface area contributed by atoms with Crippen molar-refractivity contribution in [1.29, 1.82) is 0 Å². The molecule has 4 rings (SSSR count). The number of fused-ring (bicyclic) bond motifs is 1. The van der Waals surface area contributed by atoms with Crippen LogP contribution < -0.4 is 4.90 Å². The number of carbonyl (C=O) groups excluding carboxylic acids is 1. The number of rotatable bonds is 4. The molecule has 3 fully saturated rings. The minimum Gasteiger partial charge on any atom is -0.362 e. The van der Waals surface area contributed by atoms with Crippen LogP contribution in [0.25, 0.3) is 0 Å². The molecule has 8 heteroatoms. The molecule has 2 saturated heterocycles. The number of halogens is 1. The smallest absolute Gasteiger partial charge is 0.294 e. The van der Waals surface area contributed by atoms with Gasteiger partial charge in [-0.15, -0.1) is 0 Å². The van der Waals surface area contributed by atoms with E-state index in [9.17, 15) is 14.9 Å². The number of piperazine rings is 1. The first-order chi connectivity index (χ1) is 14.0. The highest BCUT2D eigenvalue weighted by Gasteiger charge is 2.35. The number of piperidine rings is 1. The molecular weight excluding hydrogens is 392 g/mol. The van der Waals surface area contributed by atoms with Crippen molar-refractivity contribution in [2.45, 2.75) is 44.6 Å². The lowest BCUT2D eigenvalue weighted by Crippen LogP contribution is -2.54. The van der Waals surface area contributed by atoms with Gasteiger partial charge in [-0.25, -0.2) is 0 Å². The van der Waals surface area contributed by atoms with Crippen molar-refractivity contribution in [3.05, 3.63) is 33.3 Å². The lowest BCUT2D eigenvalue weighted by Gasteiger charge is -2.44. The van der Waals surface area contributed by atoms with Gasteiger partial charge in [-0.2, -0.15) is 0 Å². The van der Waals surface area contributed by atoms with Gasteiger partial charge in [0.1, 0.15) is 5.69 Å². The summed E-state index contributed by atoms with van der Waals surface area (Å²) in [5.41, 5.74) is 0.599. The average molecular weight is 421 g/mol. The van der Waals surface area contributed by atoms with E-state index < -0.39 is 4.92 Å². The third-order valence-corrected chi connectivity index (χ3v) is 7.04. The van der Waals surface area contributed by atoms with Gasteiger partial charge in [-0.05, 0) is 50.3 Å². The second-order valence-corrected chi connectivity index (χ2v) is 8.92. The molecule has 1 aromatic rings. The van der Waals surface area contributed by atoms with E-state index in [0.29, 0.717) is 49.5 Å². The Kier molecular flexibility index (Phi) is 6.25. The first-order valence-corrected chi connectivity index (χ1v) is 11.1. The third-order valence-electron chi connectivity index (χ3n) is 6.80. The highest BCUT2D eigenvalue weighted by Crippen LogP contribution is 2.35. The second kappa shape index (κ2) is 8.88. The molecule has 0 N–H and O–H groups in total. The molecular formula is C21H29ClN4O3. The maximum absolute atomic E-state index is 12.9. The molecule has 7 nitrogen and oxygen atoms in total. The molecule has 1 aromatic carbocycles. The number of hydrogen-bond acceptors (Lipinski definition) is 5. The van der Waals surface area contributed by atoms with Gasteiger partial charge in [0.15, 0.2) is 0 Å². The van der Waals surface area contributed by atoms with Crippen molar-refractivity contribution in [1.82, 2.24) is 9.80 Å². The van der Waals surface area contributed by atoms with E-state index in [0.717, 1.165) is 12.5 Å². The second-order valence-electron chi connectivity index (χ2n) is 8.48. The lowest BCUT2D eigenvalue weighted by molar-refractivity contribution is -0.384. The molecule has 0 bridgehead atoms. The Bertz CT molecular complexity index is 764. The fourth-order valence-electron chi connectivity index (χ4n) is 5.30. The van der Waals surface area contributed by atoms with Crippen molar-refractivity contribution in [2.75, 3.05) is 44.2 Å². The highest BCUT2D eigenvalue weighted by atomic mass is 35.5. The van der Waals surface area contributed by atoms with Crippen molar-refractivity contribution in [3.8, 4) is 0 Å². The average Bonchev–Trinajstić information content (AvgIpc) is 2.74. The summed E-state index contributed by atoms with van der Waals surface area (Å²) in [5, 5.41) is 11.7. The van der Waals surface area contributed by atoms with Crippen LogP contribution in [-0.4, -0.2) is 65.9 Å². The molecule has 29 heavy (non-hydrogen) atoms. The van der Waals surface area contributed by atoms with Crippen LogP contribution >= 0.6 is 11.6 Å². The maximum Gasteiger partial charge on any atom is 0.294 e. The molecule has 1 aliphatic carbocycles. The maximum atomic E-state index is 12.9. The highest BCUT2D eigenvalue weighted by molar-refractivity contribution is 6.30. The standard InChI is InChI=1S/C21H29ClN4O3/c22-17-7-8-19(20(14-17)26(28)29)23-10-12-24(13-11-23)21(27)15-25-9-3-5-16-4-1-2-6-18(16)25/h7-8,14,16,18H,1-6,9-13,15H2/t16-,18+/m1/s1. The van der Waals surface area contributed by atoms with Crippen molar-refractivity contribution in [3.63, 3.8) is 0 Å². The predicted octanol–water partition coefficient (Wildman–Crippen LogP) is 3.55. The number of likely N-dealkylation sites (tertiary alicyclic amines) is 1. The molecule has 3 aliphatic rings. The molecule has 1 saturated carbocycles. The lowest BCUT2D eigenvalue weighted by atomic mass is 9.78. The van der Waals surface area contributed by atoms with Crippen LogP contribution in [-0.2, 0) is 4.79 Å². The molecule has 0 unspecified atom stereocenters. The molecule has 2 aliphatic heterocycles. The van der Waals surface area contributed by atoms with Crippen LogP contribution in [0.15, 0.2) is 18.2 Å². The summed E-state index contributed by atoms with van der Waals surface area (Å²) in [4.78, 5) is 30.3. The van der Waals surface area contributed by atoms with Crippen molar-refractivity contribution < 1.29 is 9.72 Å². The molecule has 158 valence electrons. The minimum atomic E-state index is -0.393. The van der Waals surface area contributed by atoms with Gasteiger partial charge < -0.3 is 9.80 Å². The Morgan fingerprint density at radius 3 is 2.55 bits per heavy atom. The topological polar surface area (TPSA) is 69.9 Å². The van der Waals surface area contributed by atoms with Gasteiger partial charge in [-0.3, -0.25) is 19.8 Å². The Labute approximate surface area is 176 Å². The number of nitro benzene ring substituents is 1. The predicted molar refractivity (Wildman–Crippen MR) is 113 cm³/mol. The number of benzene rings is 1. The van der Waals surface area contributed by atoms with E-state index >= 15 is 0 Å². The van der Waals surface area contributed by atoms with E-state index in [2.05, 4.69) is 4.90 Å². The van der Waals surface area contributed by atoms with E-state index in [-0.39, 0.29) is 11.6 Å². The number of amides is 1. The summed E-state index contributed by atoms with van der Waals surface area (Å²) in [6.07, 6.45) is 7.67. The summed E-state index contributed by atoms with van der Waals surface area (Å²) < 4.78 is 0. The normalized spacial score (nSPS) is 25.6. The molecule has 2 heterocycles. The number of nitro groups is 1. The quantitative estimate of drug-likeness (QED) is 0.550. The number of hydrogen-bond donors (Lipinski definition) is 0. The molecule has 1 amide bonds. The van der Waals surface area contributed by atoms with Gasteiger partial charge in [0, 0.05) is 43.3 Å². The molecule has 0 spiro atoms. The largest absolute Gasteiger partial charge is 0.362 e. The number of nitrogens with zero attached hydrogens (tertiary/aromatic N) is 4. The van der Waals surface area contributed by atoms with Gasteiger partial charge in [0.2, 0.25) is 5.91 Å². The van der Waals surface area contributed by atoms with Crippen LogP contribution in [0.4, 0.5) is 11.4 Å². The van der Waals surface area contributed by atoms with Crippen LogP contribution in [0.2, 0.25) is 5.02 Å². The molecule has 0 aromatic heterocycles. The summed E-state index contributed by atoms with van der Waals surface area (Å²) in [5.74, 6) is 0.967. The Hall–Kier alpha value is -1.86. The van der Waals surface area contributed by atoms with Gasteiger partial charge in [0.25, 0.3) is 5.69 Å². The van der Waals surface area contributed by atoms with E-state index in [4.69, 9.17) is 11.6 Å². The monoisotopic (exact) mass is 420 g/mol. The SMILES string of the molecule is O=C(CN1CCC[C@H]2CCCC[C@@H]21)N1CCN(c2ccc(Cl)cc2[N+](=O)[O-])CC1. The van der Waals surface area contributed by atoms with Crippen LogP contribution in [0.5, 0.6) is 0 Å². The van der Waals surface area contributed by atoms with E-state index in [1.165, 1.54) is 44.6 Å². The summed E-state index contributed by atoms with van der Waals surface area (Å²) in [6, 6.07) is 5.36. The molecule has 2 atom stereocenters. The number of carbonyl (C=O) groups is 1. The Morgan fingerprint density at radius 2 is 1.79 bits per heavy atom. The zero-order valence-electron chi connectivity index (χ0n) is 16.8. The van der Waals surface area contributed by atoms with Gasteiger partial charge in [0.05, 0.1) is 11.5 Å². The van der Waals surface area contributed by atoms with Crippen LogP contribution in [0, 0.1) is 16.0 Å². The van der Waals surface area contributed by atoms with Crippen molar-refractivity contribution >= 4 is 28.9 Å². The first-order valence-electron chi connectivity index (χ1n) is 10.7. The fourth-order valence-corrected chi connectivity index (χ4v) is 5.47. The fraction of sp³-hybridized carbons (Fsp3) is 0.667. The van der Waals surface area contributed by atoms with Gasteiger partial charge >= 0.3 is 0 Å². The zero-order valence-corrected chi connectivity index (χ0v) is 17.5. The summed E-state index contributed by atoms with van der Waals surface area (Å²) >= 11 is 5.93. The van der Waals surface area contributed by atoms with E-state index in [1.807, 2.05) is 9.80 Å². The number of anilines is 1. The van der Waals surface area contributed by atoms with E-state index in [1.54, 1.807) is 12.1 Å². The third kappa shape index (κ3) is 4.51. The van der Waals surface area contributed by atoms with Crippen LogP contribution in [0.3, 0.4) is 0 Å². The Morgan fingerprint density at radius 1 is 1.07 bits per heavy atom. The Balaban J connectivity index is 1.35. The first kappa shape index (κ1) is 20.4. The van der Waals surface area contributed by atoms with Crippen molar-refractivity contribution in [2.24, 2.45) is 5.92 Å².